The number of aromatic nitrogens is 1. The predicted octanol–water partition coefficient (Wildman–Crippen LogP) is 2.43. The Kier molecular flexibility index (Phi) is 5.48. The Labute approximate surface area is 169 Å². The maximum atomic E-state index is 12.9. The van der Waals surface area contributed by atoms with E-state index in [-0.39, 0.29) is 24.2 Å². The summed E-state index contributed by atoms with van der Waals surface area (Å²) in [5, 5.41) is 0.649. The highest BCUT2D eigenvalue weighted by Crippen LogP contribution is 2.25. The number of anilines is 1. The zero-order valence-corrected chi connectivity index (χ0v) is 16.4. The number of carbonyl (C=O) groups excluding carboxylic acids is 2. The fourth-order valence-electron chi connectivity index (χ4n) is 3.88. The van der Waals surface area contributed by atoms with Gasteiger partial charge in [0.05, 0.1) is 5.92 Å². The number of hydrogen-bond donors (Lipinski definition) is 0. The molecule has 1 atom stereocenters. The molecule has 7 heteroatoms. The first-order valence-electron chi connectivity index (χ1n) is 9.58. The van der Waals surface area contributed by atoms with Crippen LogP contribution in [0.15, 0.2) is 48.7 Å². The van der Waals surface area contributed by atoms with E-state index < -0.39 is 0 Å². The molecular formula is C21H23ClN4O2. The molecule has 2 aliphatic heterocycles. The van der Waals surface area contributed by atoms with Crippen molar-refractivity contribution in [3.8, 4) is 0 Å². The van der Waals surface area contributed by atoms with E-state index in [9.17, 15) is 9.59 Å². The fourth-order valence-corrected chi connectivity index (χ4v) is 4.07. The van der Waals surface area contributed by atoms with Crippen molar-refractivity contribution < 1.29 is 9.59 Å². The van der Waals surface area contributed by atoms with Gasteiger partial charge in [0, 0.05) is 56.9 Å². The molecule has 2 amide bonds. The van der Waals surface area contributed by atoms with Gasteiger partial charge in [-0.15, -0.1) is 0 Å². The zero-order chi connectivity index (χ0) is 19.5. The van der Waals surface area contributed by atoms with E-state index in [1.165, 1.54) is 0 Å². The van der Waals surface area contributed by atoms with Crippen LogP contribution in [0, 0.1) is 5.92 Å². The van der Waals surface area contributed by atoms with E-state index in [0.29, 0.717) is 31.2 Å². The molecule has 6 nitrogen and oxygen atoms in total. The van der Waals surface area contributed by atoms with E-state index >= 15 is 0 Å². The van der Waals surface area contributed by atoms with Crippen LogP contribution in [0.25, 0.3) is 0 Å². The number of piperazine rings is 1. The quantitative estimate of drug-likeness (QED) is 0.793. The fraction of sp³-hybridized carbons (Fsp3) is 0.381. The van der Waals surface area contributed by atoms with Crippen molar-refractivity contribution in [2.75, 3.05) is 37.6 Å². The van der Waals surface area contributed by atoms with Crippen LogP contribution in [-0.2, 0) is 16.1 Å². The van der Waals surface area contributed by atoms with Crippen molar-refractivity contribution in [1.29, 1.82) is 0 Å². The predicted molar refractivity (Wildman–Crippen MR) is 108 cm³/mol. The topological polar surface area (TPSA) is 56.8 Å². The maximum Gasteiger partial charge on any atom is 0.228 e. The monoisotopic (exact) mass is 398 g/mol. The highest BCUT2D eigenvalue weighted by atomic mass is 35.5. The van der Waals surface area contributed by atoms with Gasteiger partial charge in [-0.3, -0.25) is 9.59 Å². The zero-order valence-electron chi connectivity index (χ0n) is 15.6. The lowest BCUT2D eigenvalue weighted by Crippen LogP contribution is -2.50. The molecule has 0 N–H and O–H groups in total. The molecule has 3 heterocycles. The summed E-state index contributed by atoms with van der Waals surface area (Å²) in [6, 6.07) is 13.4. The van der Waals surface area contributed by atoms with Crippen molar-refractivity contribution in [1.82, 2.24) is 14.8 Å². The normalized spacial score (nSPS) is 20.0. The maximum absolute atomic E-state index is 12.9. The Morgan fingerprint density at radius 1 is 1.07 bits per heavy atom. The molecule has 0 unspecified atom stereocenters. The van der Waals surface area contributed by atoms with Gasteiger partial charge in [0.25, 0.3) is 0 Å². The van der Waals surface area contributed by atoms with Gasteiger partial charge >= 0.3 is 0 Å². The average Bonchev–Trinajstić information content (AvgIpc) is 3.10. The number of halogens is 1. The van der Waals surface area contributed by atoms with Crippen molar-refractivity contribution in [2.24, 2.45) is 5.92 Å². The van der Waals surface area contributed by atoms with Gasteiger partial charge in [0.2, 0.25) is 11.8 Å². The van der Waals surface area contributed by atoms with E-state index in [1.54, 1.807) is 11.1 Å². The third-order valence-electron chi connectivity index (χ3n) is 5.45. The molecule has 1 aromatic carbocycles. The average molecular weight is 399 g/mol. The Morgan fingerprint density at radius 2 is 1.82 bits per heavy atom. The first kappa shape index (κ1) is 18.7. The third-order valence-corrected chi connectivity index (χ3v) is 5.82. The summed E-state index contributed by atoms with van der Waals surface area (Å²) < 4.78 is 0. The van der Waals surface area contributed by atoms with Crippen LogP contribution in [0.5, 0.6) is 0 Å². The van der Waals surface area contributed by atoms with Gasteiger partial charge in [-0.05, 0) is 23.8 Å². The van der Waals surface area contributed by atoms with E-state index in [0.717, 1.165) is 24.5 Å². The van der Waals surface area contributed by atoms with Crippen LogP contribution in [0.4, 0.5) is 5.82 Å². The highest BCUT2D eigenvalue weighted by molar-refractivity contribution is 6.31. The van der Waals surface area contributed by atoms with Crippen molar-refractivity contribution in [3.63, 3.8) is 0 Å². The minimum absolute atomic E-state index is 0.0189. The van der Waals surface area contributed by atoms with Gasteiger partial charge in [0.15, 0.2) is 0 Å². The van der Waals surface area contributed by atoms with Gasteiger partial charge < -0.3 is 14.7 Å². The molecule has 28 heavy (non-hydrogen) atoms. The van der Waals surface area contributed by atoms with E-state index in [1.807, 2.05) is 47.4 Å². The summed E-state index contributed by atoms with van der Waals surface area (Å²) >= 11 is 6.21. The number of carbonyl (C=O) groups is 2. The number of hydrogen-bond acceptors (Lipinski definition) is 4. The molecule has 0 spiro atoms. The van der Waals surface area contributed by atoms with Crippen LogP contribution in [-0.4, -0.2) is 59.3 Å². The first-order valence-corrected chi connectivity index (χ1v) is 9.95. The Hall–Kier alpha value is -2.60. The van der Waals surface area contributed by atoms with Crippen LogP contribution < -0.4 is 4.90 Å². The van der Waals surface area contributed by atoms with Crippen LogP contribution in [0.1, 0.15) is 12.0 Å². The Balaban J connectivity index is 1.33. The summed E-state index contributed by atoms with van der Waals surface area (Å²) in [7, 11) is 0. The molecule has 1 aromatic heterocycles. The number of pyridine rings is 1. The smallest absolute Gasteiger partial charge is 0.228 e. The molecule has 146 valence electrons. The molecule has 4 rings (SSSR count). The van der Waals surface area contributed by atoms with Crippen LogP contribution in [0.3, 0.4) is 0 Å². The number of amides is 2. The second kappa shape index (κ2) is 8.19. The lowest BCUT2D eigenvalue weighted by Gasteiger charge is -2.36. The number of likely N-dealkylation sites (tertiary alicyclic amines) is 1. The highest BCUT2D eigenvalue weighted by Gasteiger charge is 2.37. The molecule has 0 bridgehead atoms. The number of nitrogens with zero attached hydrogens (tertiary/aromatic N) is 4. The Morgan fingerprint density at radius 3 is 2.54 bits per heavy atom. The van der Waals surface area contributed by atoms with Crippen molar-refractivity contribution in [2.45, 2.75) is 13.0 Å². The standard InChI is InChI=1S/C21H23ClN4O2/c22-18-6-2-1-5-16(18)14-26-15-17(13-20(26)27)21(28)25-11-9-24(10-12-25)19-7-3-4-8-23-19/h1-8,17H,9-15H2/t17-/m1/s1. The lowest BCUT2D eigenvalue weighted by atomic mass is 10.1. The molecule has 0 aliphatic carbocycles. The summed E-state index contributed by atoms with van der Waals surface area (Å²) in [4.78, 5) is 35.6. The largest absolute Gasteiger partial charge is 0.353 e. The minimum atomic E-state index is -0.267. The molecule has 2 aliphatic rings. The summed E-state index contributed by atoms with van der Waals surface area (Å²) in [5.41, 5.74) is 0.912. The molecular weight excluding hydrogens is 376 g/mol. The second-order valence-corrected chi connectivity index (χ2v) is 7.67. The van der Waals surface area contributed by atoms with Crippen molar-refractivity contribution >= 4 is 29.2 Å². The third kappa shape index (κ3) is 3.97. The van der Waals surface area contributed by atoms with Gasteiger partial charge in [0.1, 0.15) is 5.82 Å². The summed E-state index contributed by atoms with van der Waals surface area (Å²) in [6.45, 7) is 3.74. The van der Waals surface area contributed by atoms with E-state index in [4.69, 9.17) is 11.6 Å². The minimum Gasteiger partial charge on any atom is -0.353 e. The van der Waals surface area contributed by atoms with Gasteiger partial charge in [-0.1, -0.05) is 35.9 Å². The SMILES string of the molecule is O=C1C[C@@H](C(=O)N2CCN(c3ccccn3)CC2)CN1Cc1ccccc1Cl. The van der Waals surface area contributed by atoms with E-state index in [2.05, 4.69) is 9.88 Å². The van der Waals surface area contributed by atoms with Gasteiger partial charge in [-0.25, -0.2) is 4.98 Å². The van der Waals surface area contributed by atoms with Gasteiger partial charge in [-0.2, -0.15) is 0 Å². The molecule has 2 saturated heterocycles. The lowest BCUT2D eigenvalue weighted by molar-refractivity contribution is -0.136. The molecule has 0 saturated carbocycles. The first-order chi connectivity index (χ1) is 13.6. The van der Waals surface area contributed by atoms with Crippen LogP contribution >= 0.6 is 11.6 Å². The Bertz CT molecular complexity index is 852. The van der Waals surface area contributed by atoms with Crippen molar-refractivity contribution in [3.05, 3.63) is 59.2 Å². The van der Waals surface area contributed by atoms with Crippen LogP contribution in [0.2, 0.25) is 5.02 Å². The number of rotatable bonds is 4. The molecule has 0 radical (unpaired) electrons. The molecule has 2 aromatic rings. The summed E-state index contributed by atoms with van der Waals surface area (Å²) in [6.07, 6.45) is 2.06. The summed E-state index contributed by atoms with van der Waals surface area (Å²) in [5.74, 6) is 0.772. The number of benzene rings is 1. The molecule has 2 fully saturated rings. The second-order valence-electron chi connectivity index (χ2n) is 7.27.